The van der Waals surface area contributed by atoms with E-state index in [-0.39, 0.29) is 31.6 Å². The molecule has 466 valence electrons. The summed E-state index contributed by atoms with van der Waals surface area (Å²) >= 11 is 2.83. The van der Waals surface area contributed by atoms with Crippen molar-refractivity contribution >= 4 is 31.9 Å². The fourth-order valence-electron chi connectivity index (χ4n) is 11.0. The van der Waals surface area contributed by atoms with E-state index in [0.29, 0.717) is 23.0 Å². The molecule has 2 fully saturated rings. The van der Waals surface area contributed by atoms with Gasteiger partial charge in [0.05, 0.1) is 58.3 Å². The van der Waals surface area contributed by atoms with Crippen LogP contribution in [0.3, 0.4) is 0 Å². The molecule has 23 heteroatoms. The van der Waals surface area contributed by atoms with Crippen LogP contribution in [0, 0.1) is 6.57 Å². The first-order valence-electron chi connectivity index (χ1n) is 28.3. The number of hydrogen-bond acceptors (Lipinski definition) is 17. The molecule has 0 saturated carbocycles. The maximum Gasteiger partial charge on any atom is 0.329 e. The summed E-state index contributed by atoms with van der Waals surface area (Å²) in [6.45, 7) is 9.66. The lowest BCUT2D eigenvalue weighted by Crippen LogP contribution is -2.41. The van der Waals surface area contributed by atoms with Crippen LogP contribution < -0.4 is 41.4 Å². The number of thioether (sulfide) groups is 2. The molecule has 4 heterocycles. The summed E-state index contributed by atoms with van der Waals surface area (Å²) in [5.74, 6) is 2.84. The number of aromatic nitrogens is 4. The summed E-state index contributed by atoms with van der Waals surface area (Å²) in [7, 11) is 8.14. The predicted octanol–water partition coefficient (Wildman–Crippen LogP) is 9.01. The number of H-pyrrole nitrogens is 2. The molecule has 2 aliphatic heterocycles. The highest BCUT2D eigenvalue weighted by molar-refractivity contribution is 8.00. The molecule has 0 bridgehead atoms. The Hall–Kier alpha value is -7.78. The number of ether oxygens (including phenoxy) is 8. The van der Waals surface area contributed by atoms with Gasteiger partial charge in [0.25, 0.3) is 11.1 Å². The second-order valence-corrected chi connectivity index (χ2v) is 24.5. The summed E-state index contributed by atoms with van der Waals surface area (Å²) in [6, 6.07) is 53.4. The summed E-state index contributed by atoms with van der Waals surface area (Å²) in [4.78, 5) is 57.1. The molecule has 10 rings (SSSR count). The standard InChI is InChI=1S/C35H38N3O8PS.C31H32N2O7S/c1-36-20-22-45-47(5)46-31-29(48-33(32(31)43-4)38-21-19-30(39)37-34(38)40)23-44-35(24-9-7-6-8-10-24,25-11-15-27(41-2)16-12-25)26-13-17-28(42-3)18-14-26;1-37-23-13-9-21(10-14-23)31(20-7-5-4-6-8-20,22-11-15-24(38-2)16-12-22)40-19-25-27(35)28(39-3)29(41-25)33-18-17-26(34)32-30(33)36/h6-19,21,29,31-33H,20,22-23H2,2-5H3,(H,37,39,40);4-18,25,27-29,35H,19H2,1-3H3,(H,32,34,36)/t29-,31-,32-,33-,47?;25-,27-,28-,29-/m11/s1. The number of nitrogens with one attached hydrogen (secondary N) is 2. The third kappa shape index (κ3) is 14.6. The van der Waals surface area contributed by atoms with Crippen molar-refractivity contribution in [3.63, 3.8) is 0 Å². The highest BCUT2D eigenvalue weighted by Crippen LogP contribution is 2.52. The van der Waals surface area contributed by atoms with Gasteiger partial charge >= 0.3 is 11.4 Å². The van der Waals surface area contributed by atoms with Crippen molar-refractivity contribution < 1.29 is 52.0 Å². The predicted molar refractivity (Wildman–Crippen MR) is 343 cm³/mol. The minimum atomic E-state index is -1.41. The summed E-state index contributed by atoms with van der Waals surface area (Å²) < 4.78 is 62.8. The minimum absolute atomic E-state index is 0.118. The Morgan fingerprint density at radius 1 is 0.506 bits per heavy atom. The molecule has 8 aromatic rings. The molecule has 2 aromatic heterocycles. The molecule has 89 heavy (non-hydrogen) atoms. The van der Waals surface area contributed by atoms with Crippen LogP contribution in [-0.2, 0) is 39.2 Å². The molecule has 0 spiro atoms. The van der Waals surface area contributed by atoms with Crippen molar-refractivity contribution in [2.45, 2.75) is 56.9 Å². The number of methoxy groups -OCH3 is 6. The molecular formula is C66H70N5O15PS2. The van der Waals surface area contributed by atoms with E-state index in [0.717, 1.165) is 33.4 Å². The second kappa shape index (κ2) is 30.6. The number of aromatic amines is 2. The maximum atomic E-state index is 13.0. The topological polar surface area (TPSA) is 227 Å². The smallest absolute Gasteiger partial charge is 0.329 e. The van der Waals surface area contributed by atoms with Crippen LogP contribution in [0.5, 0.6) is 23.0 Å². The Kier molecular flexibility index (Phi) is 22.6. The Morgan fingerprint density at radius 2 is 0.865 bits per heavy atom. The van der Waals surface area contributed by atoms with Gasteiger partial charge in [0.2, 0.25) is 6.54 Å². The molecule has 0 aliphatic carbocycles. The number of aliphatic hydroxyl groups is 1. The van der Waals surface area contributed by atoms with Crippen molar-refractivity contribution in [3.8, 4) is 23.0 Å². The van der Waals surface area contributed by atoms with E-state index in [2.05, 4.69) is 14.8 Å². The van der Waals surface area contributed by atoms with Crippen molar-refractivity contribution in [2.75, 3.05) is 75.7 Å². The van der Waals surface area contributed by atoms with Gasteiger partial charge in [0.15, 0.2) is 8.38 Å². The van der Waals surface area contributed by atoms with E-state index in [4.69, 9.17) is 53.5 Å². The van der Waals surface area contributed by atoms with Gasteiger partial charge in [-0.2, -0.15) is 0 Å². The van der Waals surface area contributed by atoms with Gasteiger partial charge in [-0.25, -0.2) is 16.2 Å². The van der Waals surface area contributed by atoms with Crippen LogP contribution in [0.25, 0.3) is 4.85 Å². The lowest BCUT2D eigenvalue weighted by Gasteiger charge is -2.37. The zero-order valence-corrected chi connectivity index (χ0v) is 52.6. The minimum Gasteiger partial charge on any atom is -0.497 e. The van der Waals surface area contributed by atoms with Gasteiger partial charge in [-0.15, -0.1) is 23.5 Å². The first-order chi connectivity index (χ1) is 43.2. The van der Waals surface area contributed by atoms with Crippen LogP contribution in [-0.4, -0.2) is 135 Å². The average molecular weight is 1270 g/mol. The maximum absolute atomic E-state index is 13.0. The molecule has 3 N–H and O–H groups in total. The zero-order chi connectivity index (χ0) is 63.1. The molecule has 1 unspecified atom stereocenters. The fraction of sp³-hybridized carbons (Fsp3) is 0.318. The molecule has 6 aromatic carbocycles. The molecule has 2 aliphatic rings. The number of aliphatic hydroxyl groups excluding tert-OH is 1. The number of rotatable bonds is 25. The number of hydrogen-bond donors (Lipinski definition) is 3. The number of benzene rings is 6. The summed E-state index contributed by atoms with van der Waals surface area (Å²) in [5, 5.41) is 9.40. The Morgan fingerprint density at radius 3 is 1.22 bits per heavy atom. The molecule has 20 nitrogen and oxygen atoms in total. The zero-order valence-electron chi connectivity index (χ0n) is 50.0. The van der Waals surface area contributed by atoms with E-state index < -0.39 is 82.5 Å². The van der Waals surface area contributed by atoms with Gasteiger partial charge in [0, 0.05) is 45.4 Å². The second-order valence-electron chi connectivity index (χ2n) is 20.4. The van der Waals surface area contributed by atoms with Gasteiger partial charge in [-0.05, 0) is 81.9 Å². The van der Waals surface area contributed by atoms with Crippen LogP contribution in [0.1, 0.15) is 44.1 Å². The highest BCUT2D eigenvalue weighted by atomic mass is 32.2. The van der Waals surface area contributed by atoms with E-state index >= 15 is 0 Å². The SMILES string of the molecule is COc1ccc(C(OC[C@H]2S[C@@H](n3ccc(=O)[nH]c3=O)[C@H](OC)[C@@H]2O)(c2ccccc2)c2ccc(OC)cc2)cc1.[C-]#[N+]CCOP(C)O[C@H]1[C@@H](OC)[C@H](n2ccc(=O)[nH]c2=O)S[C@@H]1COC(c1ccccc1)(c1ccc(OC)cc1)c1ccc(OC)cc1. The van der Waals surface area contributed by atoms with Crippen LogP contribution in [0.15, 0.2) is 201 Å². The highest BCUT2D eigenvalue weighted by Gasteiger charge is 2.50. The first kappa shape index (κ1) is 65.7. The van der Waals surface area contributed by atoms with Gasteiger partial charge in [-0.1, -0.05) is 109 Å². The lowest BCUT2D eigenvalue weighted by molar-refractivity contribution is -0.0414. The van der Waals surface area contributed by atoms with Crippen molar-refractivity contribution in [1.29, 1.82) is 0 Å². The molecule has 0 radical (unpaired) electrons. The molecule has 2 saturated heterocycles. The van der Waals surface area contributed by atoms with Crippen molar-refractivity contribution in [3.05, 3.63) is 269 Å². The Labute approximate surface area is 524 Å². The molecule has 9 atom stereocenters. The summed E-state index contributed by atoms with van der Waals surface area (Å²) in [6.07, 6.45) is 0.0565. The van der Waals surface area contributed by atoms with Crippen molar-refractivity contribution in [2.24, 2.45) is 0 Å². The average Bonchev–Trinajstić information content (AvgIpc) is 1.11. The lowest BCUT2D eigenvalue weighted by atomic mass is 9.80. The summed E-state index contributed by atoms with van der Waals surface area (Å²) in [5.41, 5.74) is 1.03. The van der Waals surface area contributed by atoms with Crippen LogP contribution in [0.2, 0.25) is 0 Å². The molecular weight excluding hydrogens is 1200 g/mol. The first-order valence-corrected chi connectivity index (χ1v) is 31.8. The van der Waals surface area contributed by atoms with E-state index in [1.807, 2.05) is 164 Å². The Balaban J connectivity index is 0.000000214. The van der Waals surface area contributed by atoms with E-state index in [9.17, 15) is 24.3 Å². The van der Waals surface area contributed by atoms with Gasteiger partial charge < -0.3 is 56.9 Å². The number of nitrogens with zero attached hydrogens (tertiary/aromatic N) is 3. The quantitative estimate of drug-likeness (QED) is 0.0210. The fourth-order valence-corrected chi connectivity index (χ4v) is 15.2. The molecule has 0 amide bonds. The Bertz CT molecular complexity index is 3740. The van der Waals surface area contributed by atoms with Crippen molar-refractivity contribution in [1.82, 2.24) is 19.1 Å². The van der Waals surface area contributed by atoms with Gasteiger partial charge in [-0.3, -0.25) is 28.7 Å². The third-order valence-corrected chi connectivity index (χ3v) is 19.6. The van der Waals surface area contributed by atoms with Gasteiger partial charge in [0.1, 0.15) is 69.9 Å². The van der Waals surface area contributed by atoms with E-state index in [1.54, 1.807) is 35.5 Å². The van der Waals surface area contributed by atoms with Crippen LogP contribution in [0.4, 0.5) is 0 Å². The largest absolute Gasteiger partial charge is 0.497 e. The normalized spacial score (nSPS) is 20.2. The van der Waals surface area contributed by atoms with E-state index in [1.165, 1.54) is 64.3 Å². The van der Waals surface area contributed by atoms with Crippen LogP contribution >= 0.6 is 31.9 Å². The third-order valence-electron chi connectivity index (χ3n) is 15.4. The monoisotopic (exact) mass is 1270 g/mol.